The van der Waals surface area contributed by atoms with Crippen LogP contribution < -0.4 is 9.57 Å². The number of hydroxylamine groups is 2. The molecule has 0 aliphatic carbocycles. The predicted octanol–water partition coefficient (Wildman–Crippen LogP) is 4.40. The zero-order chi connectivity index (χ0) is 16.0. The molecule has 1 rings (SSSR count). The molecule has 0 bridgehead atoms. The molecule has 118 valence electrons. The normalized spacial score (nSPS) is 11.0. The summed E-state index contributed by atoms with van der Waals surface area (Å²) in [5.74, 6) is 1.14. The Morgan fingerprint density at radius 1 is 1.33 bits per heavy atom. The van der Waals surface area contributed by atoms with Crippen LogP contribution in [0.2, 0.25) is 0 Å². The first kappa shape index (κ1) is 17.6. The Morgan fingerprint density at radius 2 is 2.00 bits per heavy atom. The van der Waals surface area contributed by atoms with Gasteiger partial charge in [-0.05, 0) is 55.3 Å². The third-order valence-electron chi connectivity index (χ3n) is 2.36. The van der Waals surface area contributed by atoms with Gasteiger partial charge < -0.3 is 14.3 Å². The van der Waals surface area contributed by atoms with E-state index in [4.69, 9.17) is 14.3 Å². The standard InChI is InChI=1S/C15H22BrNO4/c1-6-9-17(14(18)20-15(2,3)4)21-11-7-8-12(16)13(10-11)19-5/h7-8,10H,6,9H2,1-5H3. The first-order valence-corrected chi connectivity index (χ1v) is 7.58. The van der Waals surface area contributed by atoms with E-state index in [1.165, 1.54) is 5.06 Å². The third-order valence-corrected chi connectivity index (χ3v) is 3.02. The summed E-state index contributed by atoms with van der Waals surface area (Å²) < 4.78 is 11.3. The molecule has 0 atom stereocenters. The highest BCUT2D eigenvalue weighted by atomic mass is 79.9. The lowest BCUT2D eigenvalue weighted by Gasteiger charge is -2.26. The molecule has 0 aromatic heterocycles. The molecule has 0 heterocycles. The predicted molar refractivity (Wildman–Crippen MR) is 84.6 cm³/mol. The molecule has 0 fully saturated rings. The van der Waals surface area contributed by atoms with Gasteiger partial charge in [0.05, 0.1) is 18.1 Å². The van der Waals surface area contributed by atoms with Crippen LogP contribution in [0.4, 0.5) is 4.79 Å². The molecule has 0 saturated heterocycles. The number of nitrogens with zero attached hydrogens (tertiary/aromatic N) is 1. The Hall–Kier alpha value is -1.43. The second-order valence-electron chi connectivity index (χ2n) is 5.47. The molecule has 1 amide bonds. The van der Waals surface area contributed by atoms with Gasteiger partial charge in [-0.3, -0.25) is 0 Å². The molecule has 0 spiro atoms. The summed E-state index contributed by atoms with van der Waals surface area (Å²) in [5, 5.41) is 1.22. The SMILES string of the molecule is CCCN(Oc1ccc(Br)c(OC)c1)C(=O)OC(C)(C)C. The Morgan fingerprint density at radius 3 is 2.52 bits per heavy atom. The number of carbonyl (C=O) groups excluding carboxylic acids is 1. The van der Waals surface area contributed by atoms with Gasteiger partial charge in [-0.1, -0.05) is 6.92 Å². The Bertz CT molecular complexity index is 485. The lowest BCUT2D eigenvalue weighted by molar-refractivity contribution is -0.0723. The van der Waals surface area contributed by atoms with Crippen molar-refractivity contribution >= 4 is 22.0 Å². The minimum Gasteiger partial charge on any atom is -0.495 e. The van der Waals surface area contributed by atoms with E-state index in [1.54, 1.807) is 25.3 Å². The Kier molecular flexibility index (Phi) is 6.33. The van der Waals surface area contributed by atoms with Gasteiger partial charge in [0.15, 0.2) is 5.75 Å². The van der Waals surface area contributed by atoms with E-state index in [2.05, 4.69) is 15.9 Å². The minimum absolute atomic E-state index is 0.438. The fourth-order valence-electron chi connectivity index (χ4n) is 1.51. The van der Waals surface area contributed by atoms with Crippen LogP contribution in [-0.2, 0) is 4.74 Å². The molecule has 0 unspecified atom stereocenters. The largest absolute Gasteiger partial charge is 0.495 e. The molecule has 6 heteroatoms. The number of hydrogen-bond acceptors (Lipinski definition) is 4. The number of ether oxygens (including phenoxy) is 2. The highest BCUT2D eigenvalue weighted by Crippen LogP contribution is 2.29. The summed E-state index contributed by atoms with van der Waals surface area (Å²) in [6.07, 6.45) is 0.249. The maximum atomic E-state index is 12.1. The molecule has 0 saturated carbocycles. The van der Waals surface area contributed by atoms with Crippen LogP contribution in [0.5, 0.6) is 11.5 Å². The first-order chi connectivity index (χ1) is 9.76. The van der Waals surface area contributed by atoms with E-state index in [0.717, 1.165) is 10.9 Å². The van der Waals surface area contributed by atoms with Gasteiger partial charge in [-0.15, -0.1) is 5.06 Å². The lowest BCUT2D eigenvalue weighted by Crippen LogP contribution is -2.39. The van der Waals surface area contributed by atoms with Crippen LogP contribution in [0.3, 0.4) is 0 Å². The summed E-state index contributed by atoms with van der Waals surface area (Å²) in [7, 11) is 1.57. The van der Waals surface area contributed by atoms with Crippen LogP contribution in [0.15, 0.2) is 22.7 Å². The van der Waals surface area contributed by atoms with E-state index in [-0.39, 0.29) is 0 Å². The minimum atomic E-state index is -0.566. The van der Waals surface area contributed by atoms with Crippen molar-refractivity contribution in [3.05, 3.63) is 22.7 Å². The number of amides is 1. The van der Waals surface area contributed by atoms with E-state index in [0.29, 0.717) is 18.0 Å². The molecule has 0 radical (unpaired) electrons. The topological polar surface area (TPSA) is 48.0 Å². The maximum absolute atomic E-state index is 12.1. The van der Waals surface area contributed by atoms with Crippen LogP contribution in [0, 0.1) is 0 Å². The zero-order valence-corrected chi connectivity index (χ0v) is 14.7. The van der Waals surface area contributed by atoms with Crippen molar-refractivity contribution in [1.82, 2.24) is 5.06 Å². The van der Waals surface area contributed by atoms with Crippen LogP contribution in [-0.4, -0.2) is 30.4 Å². The number of rotatable bonds is 5. The van der Waals surface area contributed by atoms with Crippen molar-refractivity contribution in [2.45, 2.75) is 39.7 Å². The number of halogens is 1. The number of hydrogen-bond donors (Lipinski definition) is 0. The first-order valence-electron chi connectivity index (χ1n) is 6.79. The van der Waals surface area contributed by atoms with E-state index < -0.39 is 11.7 Å². The average molecular weight is 360 g/mol. The Labute approximate surface area is 134 Å². The van der Waals surface area contributed by atoms with Crippen LogP contribution in [0.1, 0.15) is 34.1 Å². The second kappa shape index (κ2) is 7.54. The number of benzene rings is 1. The highest BCUT2D eigenvalue weighted by Gasteiger charge is 2.23. The van der Waals surface area contributed by atoms with Gasteiger partial charge in [-0.25, -0.2) is 4.79 Å². The molecule has 1 aromatic carbocycles. The van der Waals surface area contributed by atoms with E-state index in [9.17, 15) is 4.79 Å². The van der Waals surface area contributed by atoms with Gasteiger partial charge >= 0.3 is 6.09 Å². The van der Waals surface area contributed by atoms with Gasteiger partial charge in [0, 0.05) is 6.07 Å². The second-order valence-corrected chi connectivity index (χ2v) is 6.32. The summed E-state index contributed by atoms with van der Waals surface area (Å²) in [4.78, 5) is 17.7. The molecular formula is C15H22BrNO4. The van der Waals surface area contributed by atoms with Gasteiger partial charge in [0.1, 0.15) is 11.4 Å². The zero-order valence-electron chi connectivity index (χ0n) is 13.1. The molecule has 0 N–H and O–H groups in total. The summed E-state index contributed by atoms with van der Waals surface area (Å²) in [5.41, 5.74) is -0.566. The van der Waals surface area contributed by atoms with Crippen molar-refractivity contribution in [2.75, 3.05) is 13.7 Å². The summed E-state index contributed by atoms with van der Waals surface area (Å²) >= 11 is 3.37. The lowest BCUT2D eigenvalue weighted by atomic mass is 10.2. The van der Waals surface area contributed by atoms with Crippen LogP contribution in [0.25, 0.3) is 0 Å². The summed E-state index contributed by atoms with van der Waals surface area (Å²) in [6.45, 7) is 7.85. The molecule has 0 aliphatic rings. The van der Waals surface area contributed by atoms with E-state index >= 15 is 0 Å². The number of carbonyl (C=O) groups is 1. The van der Waals surface area contributed by atoms with Gasteiger partial charge in [-0.2, -0.15) is 0 Å². The number of methoxy groups -OCH3 is 1. The molecule has 21 heavy (non-hydrogen) atoms. The molecule has 0 aliphatic heterocycles. The van der Waals surface area contributed by atoms with Crippen molar-refractivity contribution in [3.63, 3.8) is 0 Å². The van der Waals surface area contributed by atoms with Gasteiger partial charge in [0.25, 0.3) is 0 Å². The fourth-order valence-corrected chi connectivity index (χ4v) is 1.92. The van der Waals surface area contributed by atoms with Crippen LogP contribution >= 0.6 is 15.9 Å². The van der Waals surface area contributed by atoms with Crippen molar-refractivity contribution in [1.29, 1.82) is 0 Å². The highest BCUT2D eigenvalue weighted by molar-refractivity contribution is 9.10. The monoisotopic (exact) mass is 359 g/mol. The molecule has 1 aromatic rings. The smallest absolute Gasteiger partial charge is 0.443 e. The van der Waals surface area contributed by atoms with Gasteiger partial charge in [0.2, 0.25) is 0 Å². The quantitative estimate of drug-likeness (QED) is 0.731. The van der Waals surface area contributed by atoms with Crippen molar-refractivity contribution < 1.29 is 19.1 Å². The maximum Gasteiger partial charge on any atom is 0.443 e. The van der Waals surface area contributed by atoms with Crippen molar-refractivity contribution in [2.24, 2.45) is 0 Å². The van der Waals surface area contributed by atoms with Crippen molar-refractivity contribution in [3.8, 4) is 11.5 Å². The summed E-state index contributed by atoms with van der Waals surface area (Å²) in [6, 6.07) is 5.25. The molecular weight excluding hydrogens is 338 g/mol. The van der Waals surface area contributed by atoms with E-state index in [1.807, 2.05) is 27.7 Å². The molecule has 5 nitrogen and oxygen atoms in total. The fraction of sp³-hybridized carbons (Fsp3) is 0.533. The third kappa shape index (κ3) is 5.83. The average Bonchev–Trinajstić information content (AvgIpc) is 2.38. The Balaban J connectivity index is 2.85.